The number of fused-ring (bicyclic) bond motifs is 2. The summed E-state index contributed by atoms with van der Waals surface area (Å²) < 4.78 is 6.83. The van der Waals surface area contributed by atoms with Crippen LogP contribution in [0.2, 0.25) is 0 Å². The van der Waals surface area contributed by atoms with Gasteiger partial charge in [-0.15, -0.1) is 34.9 Å². The normalized spacial score (nSPS) is 19.2. The number of pyridine rings is 1. The van der Waals surface area contributed by atoms with Crippen molar-refractivity contribution in [2.45, 2.75) is 16.4 Å². The van der Waals surface area contributed by atoms with Crippen molar-refractivity contribution in [3.8, 4) is 0 Å². The third-order valence-corrected chi connectivity index (χ3v) is 8.97. The van der Waals surface area contributed by atoms with E-state index in [1.165, 1.54) is 35.5 Å². The van der Waals surface area contributed by atoms with E-state index < -0.39 is 29.2 Å². The average Bonchev–Trinajstić information content (AvgIpc) is 3.59. The summed E-state index contributed by atoms with van der Waals surface area (Å²) in [6.45, 7) is 0.360. The Bertz CT molecular complexity index is 1490. The van der Waals surface area contributed by atoms with Gasteiger partial charge in [0.1, 0.15) is 35.1 Å². The van der Waals surface area contributed by atoms with Crippen LogP contribution in [0.1, 0.15) is 5.69 Å². The van der Waals surface area contributed by atoms with Crippen molar-refractivity contribution in [3.63, 3.8) is 0 Å². The molecule has 39 heavy (non-hydrogen) atoms. The van der Waals surface area contributed by atoms with Gasteiger partial charge in [0.25, 0.3) is 11.8 Å². The first-order valence-corrected chi connectivity index (χ1v) is 14.5. The van der Waals surface area contributed by atoms with Crippen molar-refractivity contribution >= 4 is 69.1 Å². The summed E-state index contributed by atoms with van der Waals surface area (Å²) >= 11 is 3.98. The summed E-state index contributed by atoms with van der Waals surface area (Å²) in [7, 11) is 1.50. The summed E-state index contributed by atoms with van der Waals surface area (Å²) in [5.74, 6) is -1.64. The number of amides is 2. The number of ether oxygens (including phenoxy) is 1. The van der Waals surface area contributed by atoms with Gasteiger partial charge in [-0.3, -0.25) is 18.9 Å². The average molecular weight is 590 g/mol. The van der Waals surface area contributed by atoms with Gasteiger partial charge in [-0.25, -0.2) is 14.8 Å². The number of carbonyl (C=O) groups excluding carboxylic acids is 2. The van der Waals surface area contributed by atoms with Gasteiger partial charge in [0.2, 0.25) is 0 Å². The standard InChI is InChI=1S/C23H23N7O6S3/c1-35-7-8-36-28-16(13-11-39-23(24)26-13)19(31)27-17-20(32)30-18(22(33)34)12(10-38-21(17)30)9-37-15-4-2-3-14-25-5-6-29(14)15/h2-6,11,17,21H,7-10H2,1H3,(H2,24,26)(H,27,31)(H,33,34)/b28-16-/t17-,21+/m1/s1. The monoisotopic (exact) mass is 589 g/mol. The number of nitrogens with one attached hydrogen (secondary N) is 1. The highest BCUT2D eigenvalue weighted by Gasteiger charge is 2.54. The molecule has 3 aromatic heterocycles. The van der Waals surface area contributed by atoms with E-state index in [0.717, 1.165) is 22.0 Å². The van der Waals surface area contributed by atoms with Gasteiger partial charge >= 0.3 is 5.97 Å². The zero-order valence-corrected chi connectivity index (χ0v) is 22.9. The second kappa shape index (κ2) is 11.6. The number of methoxy groups -OCH3 is 1. The molecule has 16 heteroatoms. The Hall–Kier alpha value is -3.60. The van der Waals surface area contributed by atoms with E-state index >= 15 is 0 Å². The molecule has 1 saturated heterocycles. The Morgan fingerprint density at radius 1 is 1.36 bits per heavy atom. The Labute approximate surface area is 234 Å². The summed E-state index contributed by atoms with van der Waals surface area (Å²) in [5.41, 5.74) is 7.12. The first kappa shape index (κ1) is 27.0. The second-order valence-electron chi connectivity index (χ2n) is 8.26. The number of hydrogen-bond donors (Lipinski definition) is 3. The van der Waals surface area contributed by atoms with Crippen LogP contribution in [0.4, 0.5) is 5.13 Å². The Morgan fingerprint density at radius 3 is 2.95 bits per heavy atom. The van der Waals surface area contributed by atoms with E-state index in [1.54, 1.807) is 11.6 Å². The van der Waals surface area contributed by atoms with Crippen LogP contribution in [-0.2, 0) is 24.0 Å². The lowest BCUT2D eigenvalue weighted by Crippen LogP contribution is -2.71. The number of aromatic nitrogens is 3. The van der Waals surface area contributed by atoms with E-state index in [9.17, 15) is 19.5 Å². The zero-order valence-electron chi connectivity index (χ0n) is 20.5. The number of rotatable bonds is 11. The molecule has 5 rings (SSSR count). The zero-order chi connectivity index (χ0) is 27.5. The highest BCUT2D eigenvalue weighted by atomic mass is 32.2. The van der Waals surface area contributed by atoms with Crippen LogP contribution in [-0.4, -0.2) is 91.1 Å². The maximum absolute atomic E-state index is 13.1. The summed E-state index contributed by atoms with van der Waals surface area (Å²) in [5, 5.41) is 18.7. The molecule has 13 nitrogen and oxygen atoms in total. The van der Waals surface area contributed by atoms with Crippen LogP contribution in [0.3, 0.4) is 0 Å². The number of thioether (sulfide) groups is 2. The van der Waals surface area contributed by atoms with Crippen molar-refractivity contribution in [1.29, 1.82) is 0 Å². The molecular formula is C23H23N7O6S3. The maximum atomic E-state index is 13.1. The van der Waals surface area contributed by atoms with Crippen LogP contribution in [0, 0.1) is 0 Å². The minimum absolute atomic E-state index is 0.0522. The predicted octanol–water partition coefficient (Wildman–Crippen LogP) is 1.27. The van der Waals surface area contributed by atoms with Gasteiger partial charge < -0.3 is 25.7 Å². The van der Waals surface area contributed by atoms with E-state index in [4.69, 9.17) is 15.3 Å². The molecule has 2 aliphatic rings. The van der Waals surface area contributed by atoms with Crippen LogP contribution < -0.4 is 11.1 Å². The van der Waals surface area contributed by atoms with E-state index in [1.807, 2.05) is 28.8 Å². The lowest BCUT2D eigenvalue weighted by Gasteiger charge is -2.49. The quantitative estimate of drug-likeness (QED) is 0.0966. The van der Waals surface area contributed by atoms with E-state index in [-0.39, 0.29) is 35.4 Å². The number of imidazole rings is 1. The lowest BCUT2D eigenvalue weighted by molar-refractivity contribution is -0.150. The van der Waals surface area contributed by atoms with E-state index in [0.29, 0.717) is 17.1 Å². The molecule has 0 saturated carbocycles. The molecule has 2 aliphatic heterocycles. The van der Waals surface area contributed by atoms with Crippen LogP contribution in [0.5, 0.6) is 0 Å². The smallest absolute Gasteiger partial charge is 0.352 e. The van der Waals surface area contributed by atoms with Gasteiger partial charge in [0.05, 0.1) is 11.6 Å². The second-order valence-corrected chi connectivity index (χ2v) is 11.3. The first-order chi connectivity index (χ1) is 18.9. The number of carbonyl (C=O) groups is 3. The number of hydrogen-bond acceptors (Lipinski definition) is 12. The van der Waals surface area contributed by atoms with Crippen LogP contribution in [0.25, 0.3) is 5.65 Å². The minimum Gasteiger partial charge on any atom is -0.477 e. The highest BCUT2D eigenvalue weighted by Crippen LogP contribution is 2.41. The summed E-state index contributed by atoms with van der Waals surface area (Å²) in [6.07, 6.45) is 3.53. The van der Waals surface area contributed by atoms with Crippen LogP contribution in [0.15, 0.2) is 57.4 Å². The van der Waals surface area contributed by atoms with Gasteiger partial charge in [0.15, 0.2) is 10.8 Å². The SMILES string of the molecule is COCCO/N=C(\C(=O)N[C@@H]1C(=O)N2C(C(=O)O)=C(CSc3cccc4nccn34)CS[C@@H]12)c1csc(N)n1. The van der Waals surface area contributed by atoms with Gasteiger partial charge in [-0.1, -0.05) is 11.2 Å². The molecule has 0 aliphatic carbocycles. The van der Waals surface area contributed by atoms with Crippen molar-refractivity contribution < 1.29 is 29.1 Å². The van der Waals surface area contributed by atoms with E-state index in [2.05, 4.69) is 20.4 Å². The third kappa shape index (κ3) is 5.45. The number of nitrogens with two attached hydrogens (primary N) is 1. The fourth-order valence-electron chi connectivity index (χ4n) is 4.04. The van der Waals surface area contributed by atoms with Gasteiger partial charge in [-0.2, -0.15) is 0 Å². The van der Waals surface area contributed by atoms with Gasteiger partial charge in [0, 0.05) is 36.4 Å². The minimum atomic E-state index is -1.19. The third-order valence-electron chi connectivity index (χ3n) is 5.84. The molecule has 2 amide bonds. The van der Waals surface area contributed by atoms with Crippen molar-refractivity contribution in [2.75, 3.05) is 37.6 Å². The Balaban J connectivity index is 1.30. The fraction of sp³-hybridized carbons (Fsp3) is 0.304. The van der Waals surface area contributed by atoms with Crippen molar-refractivity contribution in [3.05, 3.63) is 52.9 Å². The largest absolute Gasteiger partial charge is 0.477 e. The molecule has 0 unspecified atom stereocenters. The lowest BCUT2D eigenvalue weighted by atomic mass is 10.0. The number of carboxylic acids is 1. The number of nitrogens with zero attached hydrogens (tertiary/aromatic N) is 5. The summed E-state index contributed by atoms with van der Waals surface area (Å²) in [4.78, 5) is 53.2. The molecule has 2 atom stereocenters. The molecule has 0 radical (unpaired) electrons. The highest BCUT2D eigenvalue weighted by molar-refractivity contribution is 8.01. The number of anilines is 1. The molecule has 0 spiro atoms. The number of β-lactam (4-membered cyclic amide) rings is 1. The predicted molar refractivity (Wildman–Crippen MR) is 146 cm³/mol. The number of nitrogen functional groups attached to an aromatic ring is 1. The van der Waals surface area contributed by atoms with Crippen molar-refractivity contribution in [2.24, 2.45) is 5.16 Å². The first-order valence-electron chi connectivity index (χ1n) is 11.5. The molecule has 3 aromatic rings. The number of aliphatic carboxylic acids is 1. The molecule has 5 heterocycles. The molecule has 4 N–H and O–H groups in total. The topological polar surface area (TPSA) is 174 Å². The molecule has 204 valence electrons. The Kier molecular flexibility index (Phi) is 8.06. The van der Waals surface area contributed by atoms with Gasteiger partial charge in [-0.05, 0) is 17.7 Å². The number of carboxylic acid groups (broad SMARTS) is 1. The molecule has 1 fully saturated rings. The fourth-order valence-corrected chi connectivity index (χ4v) is 7.09. The number of oxime groups is 1. The number of thiazole rings is 1. The van der Waals surface area contributed by atoms with Crippen molar-refractivity contribution in [1.82, 2.24) is 24.6 Å². The summed E-state index contributed by atoms with van der Waals surface area (Å²) in [6, 6.07) is 4.75. The van der Waals surface area contributed by atoms with Crippen LogP contribution >= 0.6 is 34.9 Å². The Morgan fingerprint density at radius 2 is 2.21 bits per heavy atom. The molecular weight excluding hydrogens is 566 g/mol. The molecule has 0 bridgehead atoms. The maximum Gasteiger partial charge on any atom is 0.352 e. The molecule has 0 aromatic carbocycles.